The van der Waals surface area contributed by atoms with Gasteiger partial charge in [0.25, 0.3) is 0 Å². The lowest BCUT2D eigenvalue weighted by molar-refractivity contribution is 0.542. The van der Waals surface area contributed by atoms with Crippen LogP contribution in [0.5, 0.6) is 0 Å². The summed E-state index contributed by atoms with van der Waals surface area (Å²) < 4.78 is 2.88. The van der Waals surface area contributed by atoms with Crippen LogP contribution in [-0.2, 0) is 6.54 Å². The molecule has 0 aliphatic heterocycles. The van der Waals surface area contributed by atoms with Gasteiger partial charge in [-0.2, -0.15) is 5.10 Å². The number of aryl methyl sites for hydroxylation is 1. The van der Waals surface area contributed by atoms with Crippen molar-refractivity contribution >= 4 is 45.8 Å². The lowest BCUT2D eigenvalue weighted by Gasteiger charge is -2.20. The molecule has 0 radical (unpaired) electrons. The van der Waals surface area contributed by atoms with E-state index >= 15 is 0 Å². The third-order valence-corrected chi connectivity index (χ3v) is 4.35. The van der Waals surface area contributed by atoms with Crippen LogP contribution in [0.25, 0.3) is 0 Å². The molecule has 7 heteroatoms. The van der Waals surface area contributed by atoms with Gasteiger partial charge in [0, 0.05) is 15.1 Å². The van der Waals surface area contributed by atoms with Gasteiger partial charge in [-0.1, -0.05) is 23.2 Å². The Kier molecular flexibility index (Phi) is 5.08. The number of hydrogen-bond donors (Lipinski definition) is 2. The SMILES string of the molecule is CCn1ncc(Cl)c1C(NN)c1cc(Cl)ccc1I. The molecule has 1 heterocycles. The monoisotopic (exact) mass is 410 g/mol. The van der Waals surface area contributed by atoms with Gasteiger partial charge >= 0.3 is 0 Å². The lowest BCUT2D eigenvalue weighted by atomic mass is 10.0. The van der Waals surface area contributed by atoms with E-state index in [1.807, 2.05) is 29.8 Å². The summed E-state index contributed by atoms with van der Waals surface area (Å²) in [6.07, 6.45) is 1.63. The molecule has 1 aromatic carbocycles. The molecule has 0 amide bonds. The molecule has 0 fully saturated rings. The molecule has 2 aromatic rings. The van der Waals surface area contributed by atoms with Crippen LogP contribution >= 0.6 is 45.8 Å². The number of hydrazine groups is 1. The zero-order valence-electron chi connectivity index (χ0n) is 10.2. The summed E-state index contributed by atoms with van der Waals surface area (Å²) in [5.74, 6) is 5.71. The van der Waals surface area contributed by atoms with Crippen LogP contribution in [0.2, 0.25) is 10.0 Å². The van der Waals surface area contributed by atoms with E-state index in [-0.39, 0.29) is 6.04 Å². The van der Waals surface area contributed by atoms with Crippen molar-refractivity contribution in [2.24, 2.45) is 5.84 Å². The summed E-state index contributed by atoms with van der Waals surface area (Å²) >= 11 is 14.5. The van der Waals surface area contributed by atoms with Crippen molar-refractivity contribution in [3.05, 3.63) is 49.3 Å². The van der Waals surface area contributed by atoms with Crippen molar-refractivity contribution in [2.75, 3.05) is 0 Å². The molecule has 1 atom stereocenters. The van der Waals surface area contributed by atoms with Gasteiger partial charge in [-0.15, -0.1) is 0 Å². The number of benzene rings is 1. The van der Waals surface area contributed by atoms with Gasteiger partial charge < -0.3 is 0 Å². The van der Waals surface area contributed by atoms with E-state index in [0.717, 1.165) is 21.4 Å². The first-order valence-corrected chi connectivity index (χ1v) is 7.54. The number of aromatic nitrogens is 2. The number of halogens is 3. The number of nitrogens with zero attached hydrogens (tertiary/aromatic N) is 2. The Morgan fingerprint density at radius 1 is 1.47 bits per heavy atom. The van der Waals surface area contributed by atoms with E-state index < -0.39 is 0 Å². The van der Waals surface area contributed by atoms with E-state index in [2.05, 4.69) is 33.1 Å². The van der Waals surface area contributed by atoms with Crippen LogP contribution in [0.1, 0.15) is 24.2 Å². The van der Waals surface area contributed by atoms with Gasteiger partial charge in [0.2, 0.25) is 0 Å². The van der Waals surface area contributed by atoms with E-state index in [4.69, 9.17) is 29.0 Å². The summed E-state index contributed by atoms with van der Waals surface area (Å²) in [6, 6.07) is 5.43. The van der Waals surface area contributed by atoms with Crippen molar-refractivity contribution in [1.82, 2.24) is 15.2 Å². The molecule has 0 aliphatic rings. The molecule has 1 aromatic heterocycles. The van der Waals surface area contributed by atoms with Crippen molar-refractivity contribution in [3.63, 3.8) is 0 Å². The fraction of sp³-hybridized carbons (Fsp3) is 0.250. The van der Waals surface area contributed by atoms with E-state index in [1.165, 1.54) is 0 Å². The maximum Gasteiger partial charge on any atom is 0.0904 e. The zero-order chi connectivity index (χ0) is 14.0. The molecule has 0 bridgehead atoms. The molecule has 0 saturated carbocycles. The van der Waals surface area contributed by atoms with Crippen LogP contribution in [0.3, 0.4) is 0 Å². The molecule has 19 heavy (non-hydrogen) atoms. The maximum atomic E-state index is 6.22. The summed E-state index contributed by atoms with van der Waals surface area (Å²) in [6.45, 7) is 2.72. The second-order valence-corrected chi connectivity index (χ2v) is 5.96. The Morgan fingerprint density at radius 3 is 2.84 bits per heavy atom. The lowest BCUT2D eigenvalue weighted by Crippen LogP contribution is -2.31. The predicted molar refractivity (Wildman–Crippen MR) is 86.2 cm³/mol. The van der Waals surface area contributed by atoms with Crippen LogP contribution in [-0.4, -0.2) is 9.78 Å². The Hall–Kier alpha value is -0.340. The second-order valence-electron chi connectivity index (χ2n) is 3.96. The Morgan fingerprint density at radius 2 is 2.21 bits per heavy atom. The minimum atomic E-state index is -0.249. The summed E-state index contributed by atoms with van der Waals surface area (Å²) in [5.41, 5.74) is 4.61. The molecule has 0 saturated heterocycles. The number of rotatable bonds is 4. The largest absolute Gasteiger partial charge is 0.271 e. The fourth-order valence-electron chi connectivity index (χ4n) is 1.96. The highest BCUT2D eigenvalue weighted by Gasteiger charge is 2.22. The van der Waals surface area contributed by atoms with Crippen molar-refractivity contribution < 1.29 is 0 Å². The van der Waals surface area contributed by atoms with Crippen LogP contribution in [0.4, 0.5) is 0 Å². The quantitative estimate of drug-likeness (QED) is 0.461. The van der Waals surface area contributed by atoms with Crippen LogP contribution in [0.15, 0.2) is 24.4 Å². The van der Waals surface area contributed by atoms with Gasteiger partial charge in [0.05, 0.1) is 23.0 Å². The molecule has 0 aliphatic carbocycles. The van der Waals surface area contributed by atoms with E-state index in [9.17, 15) is 0 Å². The third-order valence-electron chi connectivity index (χ3n) is 2.84. The van der Waals surface area contributed by atoms with Crippen molar-refractivity contribution in [2.45, 2.75) is 19.5 Å². The molecule has 102 valence electrons. The Balaban J connectivity index is 2.56. The number of nitrogens with one attached hydrogen (secondary N) is 1. The predicted octanol–water partition coefficient (Wildman–Crippen LogP) is 3.37. The number of hydrogen-bond acceptors (Lipinski definition) is 3. The highest BCUT2D eigenvalue weighted by Crippen LogP contribution is 2.31. The fourth-order valence-corrected chi connectivity index (χ4v) is 3.04. The summed E-state index contributed by atoms with van der Waals surface area (Å²) in [7, 11) is 0. The number of nitrogens with two attached hydrogens (primary N) is 1. The topological polar surface area (TPSA) is 55.9 Å². The first kappa shape index (κ1) is 15.1. The van der Waals surface area contributed by atoms with Crippen LogP contribution in [0, 0.1) is 3.57 Å². The third kappa shape index (κ3) is 3.05. The highest BCUT2D eigenvalue weighted by molar-refractivity contribution is 14.1. The molecule has 4 nitrogen and oxygen atoms in total. The molecule has 2 rings (SSSR count). The van der Waals surface area contributed by atoms with Gasteiger partial charge in [0.15, 0.2) is 0 Å². The summed E-state index contributed by atoms with van der Waals surface area (Å²) in [4.78, 5) is 0. The van der Waals surface area contributed by atoms with Gasteiger partial charge in [-0.25, -0.2) is 5.43 Å². The first-order valence-electron chi connectivity index (χ1n) is 5.70. The van der Waals surface area contributed by atoms with Gasteiger partial charge in [-0.05, 0) is 53.3 Å². The smallest absolute Gasteiger partial charge is 0.0904 e. The molecule has 1 unspecified atom stereocenters. The average Bonchev–Trinajstić information content (AvgIpc) is 2.76. The Bertz CT molecular complexity index is 585. The summed E-state index contributed by atoms with van der Waals surface area (Å²) in [5, 5.41) is 5.48. The maximum absolute atomic E-state index is 6.22. The normalized spacial score (nSPS) is 12.7. The van der Waals surface area contributed by atoms with Crippen molar-refractivity contribution in [1.29, 1.82) is 0 Å². The van der Waals surface area contributed by atoms with Crippen molar-refractivity contribution in [3.8, 4) is 0 Å². The average molecular weight is 411 g/mol. The molecular weight excluding hydrogens is 398 g/mol. The van der Waals surface area contributed by atoms with Gasteiger partial charge in [0.1, 0.15) is 0 Å². The van der Waals surface area contributed by atoms with Gasteiger partial charge in [-0.3, -0.25) is 10.5 Å². The van der Waals surface area contributed by atoms with E-state index in [1.54, 1.807) is 6.20 Å². The first-order chi connectivity index (χ1) is 9.08. The molecule has 3 N–H and O–H groups in total. The molecule has 0 spiro atoms. The molecular formula is C12H13Cl2IN4. The second kappa shape index (κ2) is 6.41. The standard InChI is InChI=1S/C12H13Cl2IN4/c1-2-19-12(9(14)6-17-19)11(18-16)8-5-7(13)3-4-10(8)15/h3-6,11,18H,2,16H2,1H3. The minimum Gasteiger partial charge on any atom is -0.271 e. The highest BCUT2D eigenvalue weighted by atomic mass is 127. The Labute approximate surface area is 135 Å². The van der Waals surface area contributed by atoms with Crippen LogP contribution < -0.4 is 11.3 Å². The zero-order valence-corrected chi connectivity index (χ0v) is 13.9. The minimum absolute atomic E-state index is 0.249. The van der Waals surface area contributed by atoms with E-state index in [0.29, 0.717) is 10.0 Å².